The van der Waals surface area contributed by atoms with Crippen LogP contribution in [0.4, 0.5) is 10.5 Å². The van der Waals surface area contributed by atoms with E-state index in [4.69, 9.17) is 86.1 Å². The van der Waals surface area contributed by atoms with Gasteiger partial charge in [-0.3, -0.25) is 33.6 Å². The van der Waals surface area contributed by atoms with Crippen molar-refractivity contribution in [2.24, 2.45) is 40.6 Å². The zero-order valence-electron chi connectivity index (χ0n) is 80.2. The van der Waals surface area contributed by atoms with E-state index in [1.807, 2.05) is 108 Å². The summed E-state index contributed by atoms with van der Waals surface area (Å²) in [5.41, 5.74) is 15.4. The predicted octanol–water partition coefficient (Wildman–Crippen LogP) is 11.3. The van der Waals surface area contributed by atoms with Crippen molar-refractivity contribution < 1.29 is 119 Å². The number of likely N-dealkylation sites (tertiary alicyclic amines) is 1. The van der Waals surface area contributed by atoms with Gasteiger partial charge in [0.2, 0.25) is 29.5 Å². The Morgan fingerprint density at radius 2 is 1.05 bits per heavy atom. The molecule has 0 saturated carbocycles. The molecule has 1 heterocycles. The van der Waals surface area contributed by atoms with Gasteiger partial charge in [-0.15, -0.1) is 0 Å². The number of hydrogen-bond donors (Lipinski definition) is 3. The van der Waals surface area contributed by atoms with Gasteiger partial charge in [-0.1, -0.05) is 157 Å². The summed E-state index contributed by atoms with van der Waals surface area (Å²) < 4.78 is 95.3. The van der Waals surface area contributed by atoms with Gasteiger partial charge >= 0.3 is 12.1 Å². The van der Waals surface area contributed by atoms with Gasteiger partial charge < -0.3 is 111 Å². The van der Waals surface area contributed by atoms with E-state index in [0.29, 0.717) is 228 Å². The topological polar surface area (TPSA) is 388 Å². The summed E-state index contributed by atoms with van der Waals surface area (Å²) in [6, 6.07) is 30.0. The normalized spacial score (nSPS) is 15.1. The molecule has 4 aromatic rings. The number of esters is 1. The molecule has 4 aromatic carbocycles. The minimum atomic E-state index is -0.969. The molecule has 1 saturated heterocycles. The minimum Gasteiger partial charge on any atom is -0.465 e. The van der Waals surface area contributed by atoms with Crippen LogP contribution in [0.3, 0.4) is 0 Å². The van der Waals surface area contributed by atoms with Crippen LogP contribution < -0.4 is 16.0 Å². The smallest absolute Gasteiger partial charge is 0.410 e. The van der Waals surface area contributed by atoms with Crippen LogP contribution in [-0.4, -0.2) is 325 Å². The van der Waals surface area contributed by atoms with Crippen molar-refractivity contribution in [1.82, 2.24) is 25.3 Å². The third kappa shape index (κ3) is 41.7. The first-order chi connectivity index (χ1) is 64.1. The molecule has 738 valence electrons. The molecule has 0 bridgehead atoms. The Morgan fingerprint density at radius 1 is 0.545 bits per heavy atom. The number of fused-ring (bicyclic) bond motifs is 3. The second kappa shape index (κ2) is 66.7. The highest BCUT2D eigenvalue weighted by Gasteiger charge is 2.44. The van der Waals surface area contributed by atoms with E-state index in [-0.39, 0.29) is 105 Å². The summed E-state index contributed by atoms with van der Waals surface area (Å²) in [5, 5.41) is 12.7. The Morgan fingerprint density at radius 3 is 1.52 bits per heavy atom. The number of ether oxygens (including phenoxy) is 17. The fourth-order valence-electron chi connectivity index (χ4n) is 16.2. The molecular weight excluding hydrogens is 1700 g/mol. The molecule has 1 fully saturated rings. The number of anilines is 1. The van der Waals surface area contributed by atoms with Gasteiger partial charge in [0.25, 0.3) is 0 Å². The van der Waals surface area contributed by atoms with E-state index in [0.717, 1.165) is 27.8 Å². The van der Waals surface area contributed by atoms with Crippen molar-refractivity contribution in [2.45, 2.75) is 168 Å². The van der Waals surface area contributed by atoms with Gasteiger partial charge in [0.15, 0.2) is 5.78 Å². The Hall–Kier alpha value is -8.65. The monoisotopic (exact) mass is 1850 g/mol. The minimum absolute atomic E-state index is 0.0486. The van der Waals surface area contributed by atoms with Gasteiger partial charge in [0.1, 0.15) is 13.2 Å². The number of rotatable bonds is 75. The summed E-state index contributed by atoms with van der Waals surface area (Å²) in [5.74, 6) is -5.58. The number of carbonyl (C=O) groups is 8. The molecule has 34 nitrogen and oxygen atoms in total. The van der Waals surface area contributed by atoms with Gasteiger partial charge in [0, 0.05) is 102 Å². The number of azide groups is 1. The van der Waals surface area contributed by atoms with Crippen LogP contribution in [0.1, 0.15) is 141 Å². The lowest BCUT2D eigenvalue weighted by molar-refractivity contribution is -0.149. The lowest BCUT2D eigenvalue weighted by Gasteiger charge is -2.41. The fraction of sp³-hybridized carbons (Fsp3) is 0.673. The maximum Gasteiger partial charge on any atom is 0.410 e. The fourth-order valence-corrected chi connectivity index (χ4v) is 16.2. The Bertz CT molecular complexity index is 3920. The van der Waals surface area contributed by atoms with Gasteiger partial charge in [0.05, 0.1) is 214 Å². The molecule has 34 heteroatoms. The molecule has 1 aliphatic heterocycles. The number of unbranched alkanes of at least 4 members (excludes halogenated alkanes) is 1. The standard InChI is InChI=1S/C98H151N9O25/c1-13-73(6)93(88(117-11)67-90(110)107-38-23-31-86(107)94(118-12)74(7)95(112)103-79(68-101-104-99)64-75-24-15-14-16-25-75)105(8)97(114)84(71(2)3)66-87(108)92(72(4)5)106(9)98(115)132-69-76-32-34-78(35-33-76)102-96(113)77(65-91(111)131-70-85-82-29-19-17-27-80(82)81-28-18-20-30-83(81)85)26-21-22-37-100-89(109)36-39-119-42-43-121-46-47-123-50-51-125-54-55-127-58-59-129-62-63-130-61-60-128-57-56-126-53-52-124-49-48-122-45-44-120-41-40-116-10/h14-20,24-25,27-30,32-35,71-74,77,79,84-86,88,92-94H,13,21-23,26,31,36-70H2,1-12H3,(H,100,109)(H,102,113)(H,103,112)/t73-,74+,77+,79-,84-,86-,88+,92-,93-,94+/m0/s1. The number of hydrogen-bond acceptors (Lipinski definition) is 26. The maximum atomic E-state index is 15.0. The van der Waals surface area contributed by atoms with Crippen molar-refractivity contribution in [3.63, 3.8) is 0 Å². The lowest BCUT2D eigenvalue weighted by Crippen LogP contribution is -2.55. The molecule has 0 unspecified atom stereocenters. The van der Waals surface area contributed by atoms with E-state index < -0.39 is 72.1 Å². The number of benzene rings is 4. The molecule has 1 aliphatic carbocycles. The van der Waals surface area contributed by atoms with Crippen LogP contribution in [0, 0.1) is 35.5 Å². The zero-order valence-corrected chi connectivity index (χ0v) is 80.2. The molecule has 2 aliphatic rings. The van der Waals surface area contributed by atoms with Crippen molar-refractivity contribution in [2.75, 3.05) is 232 Å². The molecule has 0 spiro atoms. The highest BCUT2D eigenvalue weighted by atomic mass is 16.6. The van der Waals surface area contributed by atoms with E-state index in [2.05, 4.69) is 38.1 Å². The quantitative estimate of drug-likeness (QED) is 0.0121. The van der Waals surface area contributed by atoms with E-state index in [9.17, 15) is 33.6 Å². The first-order valence-electron chi connectivity index (χ1n) is 46.9. The Balaban J connectivity index is 0.875. The third-order valence-electron chi connectivity index (χ3n) is 23.5. The van der Waals surface area contributed by atoms with Crippen LogP contribution in [-0.2, 0) is 127 Å². The molecule has 0 radical (unpaired) electrons. The van der Waals surface area contributed by atoms with Gasteiger partial charge in [-0.25, -0.2) is 4.79 Å². The lowest BCUT2D eigenvalue weighted by atomic mass is 9.83. The number of amides is 6. The van der Waals surface area contributed by atoms with Crippen LogP contribution >= 0.6 is 0 Å². The molecular formula is C98H151N9O25. The average molecular weight is 1860 g/mol. The molecule has 6 rings (SSSR count). The third-order valence-corrected chi connectivity index (χ3v) is 23.5. The number of nitrogens with one attached hydrogen (secondary N) is 3. The molecule has 10 atom stereocenters. The van der Waals surface area contributed by atoms with Crippen molar-refractivity contribution >= 4 is 53.1 Å². The first-order valence-corrected chi connectivity index (χ1v) is 46.9. The Kier molecular flexibility index (Phi) is 56.6. The van der Waals surface area contributed by atoms with Crippen LogP contribution in [0.15, 0.2) is 108 Å². The number of ketones is 1. The first kappa shape index (κ1) is 112. The number of methoxy groups -OCH3 is 3. The highest BCUT2D eigenvalue weighted by molar-refractivity contribution is 5.95. The summed E-state index contributed by atoms with van der Waals surface area (Å²) in [4.78, 5) is 121. The van der Waals surface area contributed by atoms with Crippen LogP contribution in [0.25, 0.3) is 21.6 Å². The van der Waals surface area contributed by atoms with Crippen molar-refractivity contribution in [1.29, 1.82) is 0 Å². The SMILES string of the molecule is CC[C@H](C)[C@@H]([C@@H](CC(=O)N1CCC[C@H]1[C@H](OC)[C@@H](C)C(=O)N[C@H](CN=[N+]=[N-])Cc1ccccc1)OC)N(C)C(=O)[C@@H](CC(=O)[C@H](C(C)C)N(C)C(=O)OCc1ccc(NC(=O)[C@H](CCCCNC(=O)CCOCCOCCOCCOCCOCCOCCOCCOCCOCCOCCOCCOCCOC)CC(=O)OCC2c3ccccc3-c3ccccc32)cc1)C(C)C. The number of likely N-dealkylation sites (N-methyl/N-ethyl adjacent to an activating group) is 2. The van der Waals surface area contributed by atoms with E-state index in [1.54, 1.807) is 55.1 Å². The summed E-state index contributed by atoms with van der Waals surface area (Å²) in [6.07, 6.45) is 1.22. The number of nitrogens with zero attached hydrogens (tertiary/aromatic N) is 6. The summed E-state index contributed by atoms with van der Waals surface area (Å²) in [7, 11) is 7.88. The summed E-state index contributed by atoms with van der Waals surface area (Å²) >= 11 is 0. The Labute approximate surface area is 781 Å². The maximum absolute atomic E-state index is 15.0. The van der Waals surface area contributed by atoms with Crippen molar-refractivity contribution in [3.8, 4) is 11.1 Å². The molecule has 6 amide bonds. The van der Waals surface area contributed by atoms with Crippen molar-refractivity contribution in [3.05, 3.63) is 136 Å². The van der Waals surface area contributed by atoms with Crippen LogP contribution in [0.2, 0.25) is 0 Å². The molecule has 0 aromatic heterocycles. The average Bonchev–Trinajstić information content (AvgIpc) is 1.60. The van der Waals surface area contributed by atoms with E-state index in [1.165, 1.54) is 26.2 Å². The number of Topliss-reactive ketones (excluding diaryl/α,β-unsaturated/α-hetero) is 1. The zero-order chi connectivity index (χ0) is 95.5. The molecule has 3 N–H and O–H groups in total. The summed E-state index contributed by atoms with van der Waals surface area (Å²) in [6.45, 7) is 25.0. The second-order valence-electron chi connectivity index (χ2n) is 33.7. The number of carbonyl (C=O) groups excluding carboxylic acids is 8. The van der Waals surface area contributed by atoms with Crippen LogP contribution in [0.5, 0.6) is 0 Å². The van der Waals surface area contributed by atoms with Gasteiger partial charge in [-0.2, -0.15) is 0 Å². The largest absolute Gasteiger partial charge is 0.465 e. The predicted molar refractivity (Wildman–Crippen MR) is 498 cm³/mol. The highest BCUT2D eigenvalue weighted by Crippen LogP contribution is 2.45. The van der Waals surface area contributed by atoms with Gasteiger partial charge in [-0.05, 0) is 101 Å². The second-order valence-corrected chi connectivity index (χ2v) is 33.7. The van der Waals surface area contributed by atoms with E-state index >= 15 is 4.79 Å². The molecule has 132 heavy (non-hydrogen) atoms.